The Hall–Kier alpha value is -1.18. The van der Waals surface area contributed by atoms with Crippen LogP contribution in [0.5, 0.6) is 0 Å². The summed E-state index contributed by atoms with van der Waals surface area (Å²) in [5, 5.41) is 26.7. The van der Waals surface area contributed by atoms with Gasteiger partial charge in [-0.25, -0.2) is 9.68 Å². The molecule has 6 atom stereocenters. The summed E-state index contributed by atoms with van der Waals surface area (Å²) < 4.78 is 6.05. The Morgan fingerprint density at radius 1 is 1.14 bits per heavy atom. The lowest BCUT2D eigenvalue weighted by Crippen LogP contribution is -2.42. The van der Waals surface area contributed by atoms with Crippen LogP contribution in [0.25, 0.3) is 0 Å². The van der Waals surface area contributed by atoms with E-state index < -0.39 is 5.97 Å². The molecule has 0 amide bonds. The second-order valence-electron chi connectivity index (χ2n) is 10.4. The Kier molecular flexibility index (Phi) is 16.6. The van der Waals surface area contributed by atoms with E-state index in [0.717, 1.165) is 24.5 Å². The third-order valence-corrected chi connectivity index (χ3v) is 8.62. The first kappa shape index (κ1) is 33.8. The van der Waals surface area contributed by atoms with Crippen LogP contribution in [0.15, 0.2) is 18.2 Å². The van der Waals surface area contributed by atoms with Gasteiger partial charge in [-0.2, -0.15) is 0 Å². The quantitative estimate of drug-likeness (QED) is 0.260. The van der Waals surface area contributed by atoms with Gasteiger partial charge in [0.15, 0.2) is 0 Å². The van der Waals surface area contributed by atoms with E-state index in [1.54, 1.807) is 12.1 Å². The van der Waals surface area contributed by atoms with E-state index in [1.807, 2.05) is 20.8 Å². The molecular weight excluding hydrogens is 492 g/mol. The van der Waals surface area contributed by atoms with E-state index in [0.29, 0.717) is 34.8 Å². The first-order valence-corrected chi connectivity index (χ1v) is 14.6. The Morgan fingerprint density at radius 2 is 1.76 bits per heavy atom. The van der Waals surface area contributed by atoms with Crippen LogP contribution < -0.4 is 0 Å². The van der Waals surface area contributed by atoms with Crippen LogP contribution in [0.2, 0.25) is 5.02 Å². The molecule has 6 nitrogen and oxygen atoms in total. The van der Waals surface area contributed by atoms with Gasteiger partial charge in [0, 0.05) is 0 Å². The van der Waals surface area contributed by atoms with E-state index in [1.165, 1.54) is 64.5 Å². The Balaban J connectivity index is 0.000000344. The summed E-state index contributed by atoms with van der Waals surface area (Å²) in [5.41, 5.74) is 1.21. The second kappa shape index (κ2) is 18.2. The molecule has 3 unspecified atom stereocenters. The molecule has 37 heavy (non-hydrogen) atoms. The van der Waals surface area contributed by atoms with Gasteiger partial charge in [0.25, 0.3) is 0 Å². The Labute approximate surface area is 229 Å². The monoisotopic (exact) mass is 542 g/mol. The zero-order chi connectivity index (χ0) is 28.0. The molecule has 2 saturated carbocycles. The van der Waals surface area contributed by atoms with E-state index >= 15 is 0 Å². The molecule has 1 aliphatic heterocycles. The standard InChI is InChI=1S/C18H32O2.C9H9ClO2.C2H6.CH4O2/c1-12-9-10-14-5-4-8-16(17(14)11-20-12)13(2)18(19)15-6-3-7-15;1-2-6-3-4-7(9(11)12)8(10)5-6;1-2;1-3-2/h12-19H,3-11H2,1-2H3;3-5H,2H2,1H3,(H,11,12);1-2H3;2H,1H3/t12?,13-,14-,16+,17?,18?;;;/m1.../s1. The van der Waals surface area contributed by atoms with Crippen LogP contribution in [-0.2, 0) is 16.0 Å². The van der Waals surface area contributed by atoms with Gasteiger partial charge in [0.05, 0.1) is 36.5 Å². The number of fused-ring (bicyclic) bond motifs is 1. The summed E-state index contributed by atoms with van der Waals surface area (Å²) in [6, 6.07) is 4.99. The van der Waals surface area contributed by atoms with Gasteiger partial charge in [0.2, 0.25) is 0 Å². The minimum atomic E-state index is -0.984. The lowest BCUT2D eigenvalue weighted by molar-refractivity contribution is -0.214. The van der Waals surface area contributed by atoms with Crippen LogP contribution in [-0.4, -0.2) is 47.4 Å². The maximum absolute atomic E-state index is 10.7. The van der Waals surface area contributed by atoms with Gasteiger partial charge >= 0.3 is 5.97 Å². The molecule has 2 aliphatic carbocycles. The minimum absolute atomic E-state index is 0.0619. The van der Waals surface area contributed by atoms with Crippen molar-refractivity contribution in [2.45, 2.75) is 105 Å². The van der Waals surface area contributed by atoms with Gasteiger partial charge in [-0.15, -0.1) is 0 Å². The number of aromatic carboxylic acids is 1. The topological polar surface area (TPSA) is 96.2 Å². The number of aryl methyl sites for hydroxylation is 1. The summed E-state index contributed by atoms with van der Waals surface area (Å²) in [4.78, 5) is 13.8. The lowest BCUT2D eigenvalue weighted by Gasteiger charge is -2.44. The molecule has 1 saturated heterocycles. The van der Waals surface area contributed by atoms with Crippen LogP contribution in [0.4, 0.5) is 0 Å². The highest BCUT2D eigenvalue weighted by Crippen LogP contribution is 2.46. The van der Waals surface area contributed by atoms with E-state index in [9.17, 15) is 9.90 Å². The molecule has 3 N–H and O–H groups in total. The zero-order valence-electron chi connectivity index (χ0n) is 23.8. The average Bonchev–Trinajstić information content (AvgIpc) is 3.05. The molecule has 0 radical (unpaired) electrons. The van der Waals surface area contributed by atoms with Crippen molar-refractivity contribution in [2.75, 3.05) is 13.7 Å². The molecule has 4 rings (SSSR count). The zero-order valence-corrected chi connectivity index (χ0v) is 24.5. The van der Waals surface area contributed by atoms with Crippen molar-refractivity contribution in [3.05, 3.63) is 34.3 Å². The molecule has 0 spiro atoms. The number of rotatable bonds is 5. The molecule has 1 aromatic rings. The van der Waals surface area contributed by atoms with Gasteiger partial charge < -0.3 is 14.9 Å². The van der Waals surface area contributed by atoms with Crippen molar-refractivity contribution in [3.8, 4) is 0 Å². The number of carboxylic acid groups (broad SMARTS) is 1. The summed E-state index contributed by atoms with van der Waals surface area (Å²) in [6.07, 6.45) is 11.7. The Bertz CT molecular complexity index is 768. The molecule has 0 aromatic heterocycles. The summed E-state index contributed by atoms with van der Waals surface area (Å²) in [7, 11) is 1.18. The molecule has 1 aromatic carbocycles. The number of halogens is 1. The van der Waals surface area contributed by atoms with Crippen molar-refractivity contribution < 1.29 is 29.9 Å². The van der Waals surface area contributed by atoms with Crippen molar-refractivity contribution >= 4 is 17.6 Å². The number of hydrogen-bond donors (Lipinski definition) is 3. The number of carbonyl (C=O) groups is 1. The second-order valence-corrected chi connectivity index (χ2v) is 10.8. The van der Waals surface area contributed by atoms with Crippen LogP contribution in [0.1, 0.15) is 102 Å². The Morgan fingerprint density at radius 3 is 2.27 bits per heavy atom. The van der Waals surface area contributed by atoms with Crippen molar-refractivity contribution in [2.24, 2.45) is 29.6 Å². The summed E-state index contributed by atoms with van der Waals surface area (Å²) in [5.74, 6) is 2.33. The average molecular weight is 543 g/mol. The molecule has 214 valence electrons. The molecule has 1 heterocycles. The predicted molar refractivity (Wildman–Crippen MR) is 150 cm³/mol. The van der Waals surface area contributed by atoms with Gasteiger partial charge in [-0.1, -0.05) is 64.6 Å². The normalized spacial score (nSPS) is 26.6. The van der Waals surface area contributed by atoms with Crippen molar-refractivity contribution in [1.29, 1.82) is 0 Å². The molecule has 7 heteroatoms. The predicted octanol–water partition coefficient (Wildman–Crippen LogP) is 7.75. The fourth-order valence-corrected chi connectivity index (χ4v) is 6.17. The smallest absolute Gasteiger partial charge is 0.337 e. The van der Waals surface area contributed by atoms with Gasteiger partial charge in [-0.3, -0.25) is 5.26 Å². The number of hydrogen-bond acceptors (Lipinski definition) is 5. The van der Waals surface area contributed by atoms with E-state index in [4.69, 9.17) is 26.7 Å². The molecule has 0 bridgehead atoms. The fraction of sp³-hybridized carbons (Fsp3) is 0.767. The molecule has 3 fully saturated rings. The first-order valence-electron chi connectivity index (χ1n) is 14.2. The van der Waals surface area contributed by atoms with Gasteiger partial charge in [0.1, 0.15) is 0 Å². The first-order chi connectivity index (χ1) is 17.7. The van der Waals surface area contributed by atoms with E-state index in [-0.39, 0.29) is 11.7 Å². The van der Waals surface area contributed by atoms with Gasteiger partial charge in [-0.05, 0) is 92.7 Å². The maximum Gasteiger partial charge on any atom is 0.337 e. The molecule has 3 aliphatic rings. The lowest BCUT2D eigenvalue weighted by atomic mass is 9.63. The third-order valence-electron chi connectivity index (χ3n) is 8.30. The number of carboxylic acids is 1. The highest BCUT2D eigenvalue weighted by molar-refractivity contribution is 6.33. The summed E-state index contributed by atoms with van der Waals surface area (Å²) >= 11 is 5.72. The maximum atomic E-state index is 10.7. The SMILES string of the molecule is CC.CC1CC[C@H]2CCC[C@@H]([C@@H](C)C(O)C3CCC3)C2CO1.CCc1ccc(C(=O)O)c(Cl)c1.COO. The summed E-state index contributed by atoms with van der Waals surface area (Å²) in [6.45, 7) is 11.5. The fourth-order valence-electron chi connectivity index (χ4n) is 5.89. The number of ether oxygens (including phenoxy) is 1. The van der Waals surface area contributed by atoms with Crippen LogP contribution in [0.3, 0.4) is 0 Å². The number of aliphatic hydroxyl groups is 1. The molecular formula is C30H51ClO6. The van der Waals surface area contributed by atoms with Crippen LogP contribution in [0, 0.1) is 29.6 Å². The number of aliphatic hydroxyl groups excluding tert-OH is 1. The third kappa shape index (κ3) is 10.5. The highest BCUT2D eigenvalue weighted by atomic mass is 35.5. The van der Waals surface area contributed by atoms with Crippen LogP contribution >= 0.6 is 11.6 Å². The highest BCUT2D eigenvalue weighted by Gasteiger charge is 2.42. The van der Waals surface area contributed by atoms with Crippen molar-refractivity contribution in [1.82, 2.24) is 0 Å². The number of benzene rings is 1. The minimum Gasteiger partial charge on any atom is -0.478 e. The van der Waals surface area contributed by atoms with E-state index in [2.05, 4.69) is 18.7 Å². The largest absolute Gasteiger partial charge is 0.478 e. The van der Waals surface area contributed by atoms with Crippen molar-refractivity contribution in [3.63, 3.8) is 0 Å².